The first-order valence-corrected chi connectivity index (χ1v) is 7.52. The largest absolute Gasteiger partial charge is 0.338 e. The second-order valence-corrected chi connectivity index (χ2v) is 5.59. The molecule has 0 fully saturated rings. The van der Waals surface area contributed by atoms with Crippen LogP contribution in [0.5, 0.6) is 0 Å². The number of hydrogen-bond donors (Lipinski definition) is 1. The number of hydrogen-bond acceptors (Lipinski definition) is 5. The van der Waals surface area contributed by atoms with Crippen molar-refractivity contribution in [3.63, 3.8) is 0 Å². The monoisotopic (exact) mass is 297 g/mol. The molecule has 0 aliphatic heterocycles. The first kappa shape index (κ1) is 14.4. The van der Waals surface area contributed by atoms with Crippen molar-refractivity contribution in [1.29, 1.82) is 0 Å². The second-order valence-electron chi connectivity index (χ2n) is 4.16. The van der Waals surface area contributed by atoms with Crippen molar-refractivity contribution in [3.8, 4) is 0 Å². The molecule has 102 valence electrons. The van der Waals surface area contributed by atoms with E-state index in [0.29, 0.717) is 17.5 Å². The molecule has 2 rings (SSSR count). The lowest BCUT2D eigenvalue weighted by atomic mass is 10.2. The molecule has 19 heavy (non-hydrogen) atoms. The average Bonchev–Trinajstić information content (AvgIpc) is 2.87. The quantitative estimate of drug-likeness (QED) is 0.821. The van der Waals surface area contributed by atoms with Gasteiger partial charge < -0.3 is 10.3 Å². The van der Waals surface area contributed by atoms with Gasteiger partial charge in [-0.2, -0.15) is 4.98 Å². The molecule has 1 aromatic carbocycles. The Bertz CT molecular complexity index is 532. The Morgan fingerprint density at radius 3 is 2.95 bits per heavy atom. The highest BCUT2D eigenvalue weighted by molar-refractivity contribution is 7.98. The van der Waals surface area contributed by atoms with Gasteiger partial charge in [0.15, 0.2) is 5.82 Å². The van der Waals surface area contributed by atoms with E-state index in [2.05, 4.69) is 17.1 Å². The molecule has 0 radical (unpaired) electrons. The van der Waals surface area contributed by atoms with E-state index in [0.717, 1.165) is 22.8 Å². The van der Waals surface area contributed by atoms with Gasteiger partial charge in [-0.05, 0) is 18.6 Å². The molecule has 0 saturated carbocycles. The van der Waals surface area contributed by atoms with Crippen molar-refractivity contribution in [2.45, 2.75) is 36.5 Å². The van der Waals surface area contributed by atoms with Crippen LogP contribution in [-0.4, -0.2) is 10.1 Å². The molecular weight excluding hydrogens is 282 g/mol. The molecular formula is C13H16ClN3OS. The van der Waals surface area contributed by atoms with Crippen LogP contribution in [0, 0.1) is 0 Å². The predicted molar refractivity (Wildman–Crippen MR) is 77.1 cm³/mol. The molecule has 0 amide bonds. The predicted octanol–water partition coefficient (Wildman–Crippen LogP) is 3.82. The molecule has 1 heterocycles. The molecule has 0 saturated heterocycles. The molecule has 0 spiro atoms. The zero-order chi connectivity index (χ0) is 13.7. The van der Waals surface area contributed by atoms with Gasteiger partial charge in [-0.25, -0.2) is 0 Å². The fourth-order valence-electron chi connectivity index (χ4n) is 1.62. The molecule has 2 aromatic rings. The Morgan fingerprint density at radius 2 is 2.21 bits per heavy atom. The first-order valence-electron chi connectivity index (χ1n) is 6.16. The number of nitrogens with two attached hydrogens (primary N) is 1. The van der Waals surface area contributed by atoms with E-state index in [-0.39, 0.29) is 6.04 Å². The molecule has 1 aromatic heterocycles. The first-order chi connectivity index (χ1) is 9.20. The third-order valence-electron chi connectivity index (χ3n) is 2.59. The Labute approximate surface area is 121 Å². The van der Waals surface area contributed by atoms with Crippen LogP contribution in [0.15, 0.2) is 33.7 Å². The Hall–Kier alpha value is -1.04. The number of aromatic nitrogens is 2. The van der Waals surface area contributed by atoms with E-state index in [1.165, 1.54) is 0 Å². The highest BCUT2D eigenvalue weighted by atomic mass is 35.5. The summed E-state index contributed by atoms with van der Waals surface area (Å²) >= 11 is 7.66. The van der Waals surface area contributed by atoms with Crippen molar-refractivity contribution >= 4 is 23.4 Å². The Balaban J connectivity index is 1.95. The zero-order valence-corrected chi connectivity index (χ0v) is 12.2. The molecule has 1 atom stereocenters. The summed E-state index contributed by atoms with van der Waals surface area (Å²) in [6.45, 7) is 2.07. The molecule has 4 nitrogen and oxygen atoms in total. The van der Waals surface area contributed by atoms with Gasteiger partial charge in [0, 0.05) is 4.90 Å². The van der Waals surface area contributed by atoms with E-state index < -0.39 is 0 Å². The maximum absolute atomic E-state index is 6.08. The summed E-state index contributed by atoms with van der Waals surface area (Å²) in [7, 11) is 0. The van der Waals surface area contributed by atoms with Crippen LogP contribution in [0.4, 0.5) is 0 Å². The second kappa shape index (κ2) is 6.93. The van der Waals surface area contributed by atoms with Gasteiger partial charge in [0.1, 0.15) is 0 Å². The number of benzene rings is 1. The number of thioether (sulfide) groups is 1. The fraction of sp³-hybridized carbons (Fsp3) is 0.385. The summed E-state index contributed by atoms with van der Waals surface area (Å²) in [5, 5.41) is 4.67. The van der Waals surface area contributed by atoms with Crippen molar-refractivity contribution < 1.29 is 4.52 Å². The Kier molecular flexibility index (Phi) is 5.24. The van der Waals surface area contributed by atoms with Crippen LogP contribution >= 0.6 is 23.4 Å². The van der Waals surface area contributed by atoms with Gasteiger partial charge in [0.25, 0.3) is 0 Å². The third-order valence-corrected chi connectivity index (χ3v) is 4.11. The van der Waals surface area contributed by atoms with Crippen molar-refractivity contribution in [3.05, 3.63) is 41.0 Å². The SMILES string of the molecule is CCCC(N)c1nc(CSc2ccccc2Cl)no1. The van der Waals surface area contributed by atoms with Gasteiger partial charge in [0.05, 0.1) is 16.8 Å². The maximum Gasteiger partial charge on any atom is 0.243 e. The number of halogens is 1. The lowest BCUT2D eigenvalue weighted by Gasteiger charge is -2.02. The van der Waals surface area contributed by atoms with Crippen LogP contribution in [-0.2, 0) is 5.75 Å². The van der Waals surface area contributed by atoms with Crippen LogP contribution in [0.25, 0.3) is 0 Å². The normalized spacial score (nSPS) is 12.6. The summed E-state index contributed by atoms with van der Waals surface area (Å²) in [6.07, 6.45) is 1.84. The average molecular weight is 298 g/mol. The van der Waals surface area contributed by atoms with Gasteiger partial charge in [-0.3, -0.25) is 0 Å². The minimum Gasteiger partial charge on any atom is -0.338 e. The minimum absolute atomic E-state index is 0.170. The molecule has 1 unspecified atom stereocenters. The lowest BCUT2D eigenvalue weighted by Crippen LogP contribution is -2.10. The number of rotatable bonds is 6. The van der Waals surface area contributed by atoms with Gasteiger partial charge in [-0.1, -0.05) is 42.2 Å². The fourth-order valence-corrected chi connectivity index (χ4v) is 2.70. The third kappa shape index (κ3) is 3.96. The molecule has 0 aliphatic rings. The van der Waals surface area contributed by atoms with E-state index in [1.807, 2.05) is 24.3 Å². The van der Waals surface area contributed by atoms with Crippen molar-refractivity contribution in [2.75, 3.05) is 0 Å². The van der Waals surface area contributed by atoms with E-state index >= 15 is 0 Å². The van der Waals surface area contributed by atoms with E-state index in [4.69, 9.17) is 21.9 Å². The zero-order valence-electron chi connectivity index (χ0n) is 10.7. The van der Waals surface area contributed by atoms with Crippen molar-refractivity contribution in [1.82, 2.24) is 10.1 Å². The summed E-state index contributed by atoms with van der Waals surface area (Å²) in [4.78, 5) is 5.31. The molecule has 6 heteroatoms. The topological polar surface area (TPSA) is 64.9 Å². The minimum atomic E-state index is -0.170. The van der Waals surface area contributed by atoms with Gasteiger partial charge >= 0.3 is 0 Å². The summed E-state index contributed by atoms with van der Waals surface area (Å²) < 4.78 is 5.17. The highest BCUT2D eigenvalue weighted by Crippen LogP contribution is 2.28. The highest BCUT2D eigenvalue weighted by Gasteiger charge is 2.14. The lowest BCUT2D eigenvalue weighted by molar-refractivity contribution is 0.345. The molecule has 2 N–H and O–H groups in total. The molecule has 0 bridgehead atoms. The van der Waals surface area contributed by atoms with Gasteiger partial charge in [0.2, 0.25) is 5.89 Å². The van der Waals surface area contributed by atoms with Crippen molar-refractivity contribution in [2.24, 2.45) is 5.73 Å². The Morgan fingerprint density at radius 1 is 1.42 bits per heavy atom. The van der Waals surface area contributed by atoms with Gasteiger partial charge in [-0.15, -0.1) is 11.8 Å². The van der Waals surface area contributed by atoms with Crippen LogP contribution in [0.2, 0.25) is 5.02 Å². The number of nitrogens with zero attached hydrogens (tertiary/aromatic N) is 2. The smallest absolute Gasteiger partial charge is 0.243 e. The van der Waals surface area contributed by atoms with Crippen LogP contribution in [0.1, 0.15) is 37.5 Å². The molecule has 0 aliphatic carbocycles. The maximum atomic E-state index is 6.08. The van der Waals surface area contributed by atoms with E-state index in [1.54, 1.807) is 11.8 Å². The summed E-state index contributed by atoms with van der Waals surface area (Å²) in [6, 6.07) is 7.52. The standard InChI is InChI=1S/C13H16ClN3OS/c1-2-5-10(15)13-16-12(17-18-13)8-19-11-7-4-3-6-9(11)14/h3-4,6-7,10H,2,5,8,15H2,1H3. The summed E-state index contributed by atoms with van der Waals surface area (Å²) in [5.74, 6) is 1.77. The summed E-state index contributed by atoms with van der Waals surface area (Å²) in [5.41, 5.74) is 5.93. The van der Waals surface area contributed by atoms with Crippen LogP contribution < -0.4 is 5.73 Å². The van der Waals surface area contributed by atoms with Crippen LogP contribution in [0.3, 0.4) is 0 Å². The van der Waals surface area contributed by atoms with E-state index in [9.17, 15) is 0 Å².